The highest BCUT2D eigenvalue weighted by Crippen LogP contribution is 2.29. The molecule has 0 aliphatic rings. The molecule has 0 radical (unpaired) electrons. The third-order valence-corrected chi connectivity index (χ3v) is 3.65. The molecule has 1 amide bonds. The van der Waals surface area contributed by atoms with E-state index in [0.29, 0.717) is 18.0 Å². The lowest BCUT2D eigenvalue weighted by molar-refractivity contribution is -0.128. The number of carbonyl (C=O) groups excluding carboxylic acids is 1. The number of amides is 1. The van der Waals surface area contributed by atoms with Crippen LogP contribution in [-0.4, -0.2) is 34.5 Å². The standard InChI is InChI=1S/C14H17Cl2N3O/c1-9(15)14-17-11-6-4-5-10(16)13(11)19(14)8-7-12(20)18(2)3/h4-6,9H,7-8H2,1-3H3. The van der Waals surface area contributed by atoms with E-state index in [-0.39, 0.29) is 11.3 Å². The summed E-state index contributed by atoms with van der Waals surface area (Å²) in [5.74, 6) is 0.799. The minimum absolute atomic E-state index is 0.0621. The molecule has 0 bridgehead atoms. The lowest BCUT2D eigenvalue weighted by Crippen LogP contribution is -2.23. The molecule has 6 heteroatoms. The van der Waals surface area contributed by atoms with Crippen LogP contribution < -0.4 is 0 Å². The van der Waals surface area contributed by atoms with Crippen LogP contribution in [0.25, 0.3) is 11.0 Å². The number of hydrogen-bond acceptors (Lipinski definition) is 2. The van der Waals surface area contributed by atoms with Gasteiger partial charge in [-0.15, -0.1) is 11.6 Å². The van der Waals surface area contributed by atoms with E-state index in [1.165, 1.54) is 0 Å². The maximum atomic E-state index is 11.8. The Labute approximate surface area is 128 Å². The second-order valence-electron chi connectivity index (χ2n) is 4.88. The number of halogens is 2. The summed E-state index contributed by atoms with van der Waals surface area (Å²) in [6.07, 6.45) is 0.389. The zero-order valence-corrected chi connectivity index (χ0v) is 13.2. The van der Waals surface area contributed by atoms with Crippen molar-refractivity contribution in [1.82, 2.24) is 14.5 Å². The first-order valence-electron chi connectivity index (χ1n) is 6.40. The second kappa shape index (κ2) is 6.02. The molecular formula is C14H17Cl2N3O. The number of carbonyl (C=O) groups is 1. The second-order valence-corrected chi connectivity index (χ2v) is 5.95. The molecule has 1 heterocycles. The van der Waals surface area contributed by atoms with Gasteiger partial charge in [0.15, 0.2) is 0 Å². The number of rotatable bonds is 4. The van der Waals surface area contributed by atoms with Gasteiger partial charge in [0.05, 0.1) is 21.4 Å². The summed E-state index contributed by atoms with van der Waals surface area (Å²) in [5, 5.41) is 0.379. The first-order valence-corrected chi connectivity index (χ1v) is 7.22. The van der Waals surface area contributed by atoms with Crippen molar-refractivity contribution in [3.63, 3.8) is 0 Å². The Bertz CT molecular complexity index is 635. The van der Waals surface area contributed by atoms with Crippen LogP contribution in [0.2, 0.25) is 5.02 Å². The summed E-state index contributed by atoms with van der Waals surface area (Å²) in [6, 6.07) is 5.57. The van der Waals surface area contributed by atoms with E-state index < -0.39 is 0 Å². The van der Waals surface area contributed by atoms with E-state index in [1.807, 2.05) is 29.7 Å². The van der Waals surface area contributed by atoms with Crippen LogP contribution in [0.5, 0.6) is 0 Å². The molecular weight excluding hydrogens is 297 g/mol. The third-order valence-electron chi connectivity index (χ3n) is 3.15. The molecule has 4 nitrogen and oxygen atoms in total. The van der Waals surface area contributed by atoms with Crippen molar-refractivity contribution in [3.05, 3.63) is 29.0 Å². The highest BCUT2D eigenvalue weighted by atomic mass is 35.5. The van der Waals surface area contributed by atoms with Gasteiger partial charge in [-0.1, -0.05) is 17.7 Å². The summed E-state index contributed by atoms with van der Waals surface area (Å²) in [7, 11) is 3.48. The molecule has 1 aromatic carbocycles. The van der Waals surface area contributed by atoms with Gasteiger partial charge >= 0.3 is 0 Å². The molecule has 0 spiro atoms. The molecule has 0 N–H and O–H groups in total. The van der Waals surface area contributed by atoms with Crippen LogP contribution in [0.3, 0.4) is 0 Å². The van der Waals surface area contributed by atoms with Gasteiger partial charge in [0, 0.05) is 27.1 Å². The van der Waals surface area contributed by atoms with Crippen molar-refractivity contribution in [3.8, 4) is 0 Å². The fourth-order valence-corrected chi connectivity index (χ4v) is 2.56. The zero-order chi connectivity index (χ0) is 14.9. The first kappa shape index (κ1) is 15.1. The van der Waals surface area contributed by atoms with Gasteiger partial charge in [-0.25, -0.2) is 4.98 Å². The lowest BCUT2D eigenvalue weighted by Gasteiger charge is -2.13. The van der Waals surface area contributed by atoms with Crippen molar-refractivity contribution in [1.29, 1.82) is 0 Å². The van der Waals surface area contributed by atoms with Crippen molar-refractivity contribution in [2.45, 2.75) is 25.3 Å². The lowest BCUT2D eigenvalue weighted by atomic mass is 10.3. The summed E-state index contributed by atoms with van der Waals surface area (Å²) in [6.45, 7) is 2.38. The van der Waals surface area contributed by atoms with E-state index in [2.05, 4.69) is 4.98 Å². The Morgan fingerprint density at radius 1 is 1.45 bits per heavy atom. The highest BCUT2D eigenvalue weighted by Gasteiger charge is 2.17. The van der Waals surface area contributed by atoms with E-state index >= 15 is 0 Å². The Kier molecular flexibility index (Phi) is 4.55. The van der Waals surface area contributed by atoms with Gasteiger partial charge in [-0.2, -0.15) is 0 Å². The molecule has 0 saturated carbocycles. The largest absolute Gasteiger partial charge is 0.349 e. The minimum Gasteiger partial charge on any atom is -0.349 e. The van der Waals surface area contributed by atoms with Gasteiger partial charge in [0.1, 0.15) is 5.82 Å². The average molecular weight is 314 g/mol. The van der Waals surface area contributed by atoms with Crippen LogP contribution in [0.4, 0.5) is 0 Å². The molecule has 20 heavy (non-hydrogen) atoms. The molecule has 0 aliphatic heterocycles. The monoisotopic (exact) mass is 313 g/mol. The van der Waals surface area contributed by atoms with Crippen LogP contribution in [0.1, 0.15) is 24.5 Å². The minimum atomic E-state index is -0.243. The van der Waals surface area contributed by atoms with Crippen LogP contribution >= 0.6 is 23.2 Å². The summed E-state index contributed by atoms with van der Waals surface area (Å²) >= 11 is 12.4. The van der Waals surface area contributed by atoms with Gasteiger partial charge < -0.3 is 9.47 Å². The van der Waals surface area contributed by atoms with Crippen LogP contribution in [0.15, 0.2) is 18.2 Å². The van der Waals surface area contributed by atoms with Crippen molar-refractivity contribution >= 4 is 40.1 Å². The molecule has 2 rings (SSSR count). The predicted molar refractivity (Wildman–Crippen MR) is 82.3 cm³/mol. The molecule has 0 fully saturated rings. The number of benzene rings is 1. The maximum Gasteiger partial charge on any atom is 0.223 e. The van der Waals surface area contributed by atoms with Gasteiger partial charge in [-0.3, -0.25) is 4.79 Å². The van der Waals surface area contributed by atoms with Crippen molar-refractivity contribution in [2.24, 2.45) is 0 Å². The van der Waals surface area contributed by atoms with Gasteiger partial charge in [0.25, 0.3) is 0 Å². The normalized spacial score (nSPS) is 12.7. The smallest absolute Gasteiger partial charge is 0.223 e. The quantitative estimate of drug-likeness (QED) is 0.811. The highest BCUT2D eigenvalue weighted by molar-refractivity contribution is 6.35. The predicted octanol–water partition coefficient (Wildman–Crippen LogP) is 3.47. The number of imidazole rings is 1. The Morgan fingerprint density at radius 3 is 2.75 bits per heavy atom. The summed E-state index contributed by atoms with van der Waals surface area (Å²) < 4.78 is 1.94. The summed E-state index contributed by atoms with van der Waals surface area (Å²) in [5.41, 5.74) is 1.64. The van der Waals surface area contributed by atoms with Crippen LogP contribution in [0, 0.1) is 0 Å². The van der Waals surface area contributed by atoms with E-state index in [0.717, 1.165) is 16.9 Å². The summed E-state index contributed by atoms with van der Waals surface area (Å²) in [4.78, 5) is 17.9. The fraction of sp³-hybridized carbons (Fsp3) is 0.429. The topological polar surface area (TPSA) is 38.1 Å². The molecule has 1 unspecified atom stereocenters. The molecule has 0 saturated heterocycles. The zero-order valence-electron chi connectivity index (χ0n) is 11.7. The Balaban J connectivity index is 2.43. The maximum absolute atomic E-state index is 11.8. The van der Waals surface area contributed by atoms with E-state index in [4.69, 9.17) is 23.2 Å². The Morgan fingerprint density at radius 2 is 2.15 bits per heavy atom. The molecule has 2 aromatic rings. The number of para-hydroxylation sites is 1. The Hall–Kier alpha value is -1.26. The molecule has 1 aromatic heterocycles. The number of nitrogens with zero attached hydrogens (tertiary/aromatic N) is 3. The van der Waals surface area contributed by atoms with E-state index in [9.17, 15) is 4.79 Å². The molecule has 0 aliphatic carbocycles. The number of aromatic nitrogens is 2. The number of fused-ring (bicyclic) bond motifs is 1. The SMILES string of the molecule is CC(Cl)c1nc2cccc(Cl)c2n1CCC(=O)N(C)C. The van der Waals surface area contributed by atoms with E-state index in [1.54, 1.807) is 19.0 Å². The molecule has 1 atom stereocenters. The van der Waals surface area contributed by atoms with Gasteiger partial charge in [0.2, 0.25) is 5.91 Å². The van der Waals surface area contributed by atoms with Crippen molar-refractivity contribution < 1.29 is 4.79 Å². The third kappa shape index (κ3) is 2.91. The number of hydrogen-bond donors (Lipinski definition) is 0. The molecule has 108 valence electrons. The first-order chi connectivity index (χ1) is 9.41. The average Bonchev–Trinajstić information content (AvgIpc) is 2.76. The fourth-order valence-electron chi connectivity index (χ4n) is 2.12. The number of alkyl halides is 1. The van der Waals surface area contributed by atoms with Crippen molar-refractivity contribution in [2.75, 3.05) is 14.1 Å². The van der Waals surface area contributed by atoms with Crippen LogP contribution in [-0.2, 0) is 11.3 Å². The van der Waals surface area contributed by atoms with Gasteiger partial charge in [-0.05, 0) is 19.1 Å². The number of aryl methyl sites for hydroxylation is 1.